The van der Waals surface area contributed by atoms with E-state index in [1.54, 1.807) is 4.68 Å². The Morgan fingerprint density at radius 3 is 2.57 bits per heavy atom. The van der Waals surface area contributed by atoms with Crippen LogP contribution in [0.4, 0.5) is 0 Å². The molecule has 1 saturated heterocycles. The quantitative estimate of drug-likeness (QED) is 0.738. The number of hydrogen-bond donors (Lipinski definition) is 0. The Bertz CT molecular complexity index is 694. The van der Waals surface area contributed by atoms with Crippen molar-refractivity contribution in [1.82, 2.24) is 9.78 Å². The summed E-state index contributed by atoms with van der Waals surface area (Å²) in [4.78, 5) is 0. The van der Waals surface area contributed by atoms with Crippen LogP contribution in [-0.2, 0) is 28.4 Å². The zero-order valence-electron chi connectivity index (χ0n) is 14.5. The van der Waals surface area contributed by atoms with Crippen molar-refractivity contribution in [3.63, 3.8) is 0 Å². The van der Waals surface area contributed by atoms with Gasteiger partial charge in [0.1, 0.15) is 11.8 Å². The number of nitriles is 1. The summed E-state index contributed by atoms with van der Waals surface area (Å²) in [6, 6.07) is 2.34. The first kappa shape index (κ1) is 15.2. The Balaban J connectivity index is 1.83. The van der Waals surface area contributed by atoms with Gasteiger partial charge in [-0.3, -0.25) is 4.68 Å². The Kier molecular flexibility index (Phi) is 3.02. The molecule has 23 heavy (non-hydrogen) atoms. The number of nitrogens with zero attached hydrogens (tertiary/aromatic N) is 3. The third-order valence-corrected chi connectivity index (χ3v) is 6.82. The number of fused-ring (bicyclic) bond motifs is 3. The molecule has 5 heteroatoms. The van der Waals surface area contributed by atoms with E-state index in [0.29, 0.717) is 19.1 Å². The number of rotatable bonds is 0. The lowest BCUT2D eigenvalue weighted by Gasteiger charge is -2.59. The molecule has 1 saturated carbocycles. The largest absolute Gasteiger partial charge is 0.347 e. The third-order valence-electron chi connectivity index (χ3n) is 6.82. The van der Waals surface area contributed by atoms with E-state index in [0.717, 1.165) is 42.6 Å². The number of aromatic nitrogens is 2. The zero-order chi connectivity index (χ0) is 16.5. The number of hydrogen-bond acceptors (Lipinski definition) is 4. The van der Waals surface area contributed by atoms with E-state index in [2.05, 4.69) is 26.8 Å². The van der Waals surface area contributed by atoms with Crippen molar-refractivity contribution in [1.29, 1.82) is 5.26 Å². The van der Waals surface area contributed by atoms with Gasteiger partial charge in [-0.15, -0.1) is 0 Å². The van der Waals surface area contributed by atoms with Gasteiger partial charge in [0.05, 0.1) is 18.9 Å². The molecule has 5 nitrogen and oxygen atoms in total. The normalized spacial score (nSPS) is 34.0. The minimum absolute atomic E-state index is 0.00942. The lowest BCUT2D eigenvalue weighted by molar-refractivity contribution is -0.276. The molecule has 1 aliphatic heterocycles. The summed E-state index contributed by atoms with van der Waals surface area (Å²) in [6.45, 7) is 8.30. The van der Waals surface area contributed by atoms with Crippen LogP contribution in [-0.4, -0.2) is 28.8 Å². The summed E-state index contributed by atoms with van der Waals surface area (Å²) in [6.07, 6.45) is 3.87. The predicted molar refractivity (Wildman–Crippen MR) is 84.7 cm³/mol. The molecule has 1 spiro atoms. The monoisotopic (exact) mass is 315 g/mol. The number of aryl methyl sites for hydroxylation is 1. The van der Waals surface area contributed by atoms with Crippen LogP contribution in [0.1, 0.15) is 57.0 Å². The lowest BCUT2D eigenvalue weighted by Crippen LogP contribution is -2.61. The fourth-order valence-electron chi connectivity index (χ4n) is 5.61. The molecule has 124 valence electrons. The van der Waals surface area contributed by atoms with E-state index in [-0.39, 0.29) is 10.8 Å². The molecule has 2 aliphatic carbocycles. The summed E-state index contributed by atoms with van der Waals surface area (Å²) in [7, 11) is 1.88. The van der Waals surface area contributed by atoms with E-state index in [4.69, 9.17) is 14.6 Å². The second kappa shape index (κ2) is 4.58. The smallest absolute Gasteiger partial charge is 0.173 e. The first-order valence-corrected chi connectivity index (χ1v) is 8.60. The van der Waals surface area contributed by atoms with Crippen molar-refractivity contribution >= 4 is 0 Å². The molecular formula is C18H25N3O2. The van der Waals surface area contributed by atoms with Gasteiger partial charge in [-0.25, -0.2) is 0 Å². The second-order valence-electron chi connectivity index (χ2n) is 8.09. The summed E-state index contributed by atoms with van der Waals surface area (Å²) >= 11 is 0. The molecule has 2 heterocycles. The molecule has 0 aromatic carbocycles. The van der Waals surface area contributed by atoms with Gasteiger partial charge < -0.3 is 9.47 Å². The van der Waals surface area contributed by atoms with Gasteiger partial charge in [0, 0.05) is 29.9 Å². The van der Waals surface area contributed by atoms with Crippen molar-refractivity contribution in [2.24, 2.45) is 18.4 Å². The van der Waals surface area contributed by atoms with Crippen LogP contribution < -0.4 is 0 Å². The SMILES string of the molecule is Cn1nc2c(c1C#N)CCC1C2(C)CCC2(OCCO2)C1(C)C. The van der Waals surface area contributed by atoms with Crippen molar-refractivity contribution < 1.29 is 9.47 Å². The Labute approximate surface area is 137 Å². The maximum Gasteiger partial charge on any atom is 0.173 e. The highest BCUT2D eigenvalue weighted by atomic mass is 16.7. The average Bonchev–Trinajstić information content (AvgIpc) is 3.10. The molecule has 1 aromatic heterocycles. The van der Waals surface area contributed by atoms with Gasteiger partial charge in [0.25, 0.3) is 0 Å². The Morgan fingerprint density at radius 2 is 1.91 bits per heavy atom. The van der Waals surface area contributed by atoms with Crippen LogP contribution in [0.15, 0.2) is 0 Å². The van der Waals surface area contributed by atoms with E-state index in [1.807, 2.05) is 7.05 Å². The summed E-state index contributed by atoms with van der Waals surface area (Å²) < 4.78 is 14.0. The highest BCUT2D eigenvalue weighted by Gasteiger charge is 2.64. The van der Waals surface area contributed by atoms with Gasteiger partial charge in [0.15, 0.2) is 5.79 Å². The molecule has 0 radical (unpaired) electrons. The van der Waals surface area contributed by atoms with Crippen molar-refractivity contribution in [3.05, 3.63) is 17.0 Å². The Morgan fingerprint density at radius 1 is 1.22 bits per heavy atom. The molecule has 4 rings (SSSR count). The molecule has 0 N–H and O–H groups in total. The van der Waals surface area contributed by atoms with Crippen LogP contribution in [0, 0.1) is 22.7 Å². The first-order chi connectivity index (χ1) is 10.9. The molecule has 2 fully saturated rings. The molecule has 2 atom stereocenters. The van der Waals surface area contributed by atoms with Crippen molar-refractivity contribution in [2.45, 2.75) is 57.7 Å². The topological polar surface area (TPSA) is 60.1 Å². The lowest BCUT2D eigenvalue weighted by atomic mass is 9.49. The van der Waals surface area contributed by atoms with Gasteiger partial charge in [-0.2, -0.15) is 10.4 Å². The maximum atomic E-state index is 9.46. The summed E-state index contributed by atoms with van der Waals surface area (Å²) in [5.41, 5.74) is 2.94. The van der Waals surface area contributed by atoms with Crippen LogP contribution in [0.3, 0.4) is 0 Å². The van der Waals surface area contributed by atoms with Crippen molar-refractivity contribution in [2.75, 3.05) is 13.2 Å². The minimum Gasteiger partial charge on any atom is -0.347 e. The van der Waals surface area contributed by atoms with E-state index in [9.17, 15) is 5.26 Å². The average molecular weight is 315 g/mol. The van der Waals surface area contributed by atoms with Gasteiger partial charge in [-0.1, -0.05) is 20.8 Å². The second-order valence-corrected chi connectivity index (χ2v) is 8.09. The van der Waals surface area contributed by atoms with E-state index < -0.39 is 5.79 Å². The highest BCUT2D eigenvalue weighted by molar-refractivity contribution is 5.42. The molecule has 2 unspecified atom stereocenters. The first-order valence-electron chi connectivity index (χ1n) is 8.60. The minimum atomic E-state index is -0.443. The number of ether oxygens (including phenoxy) is 2. The maximum absolute atomic E-state index is 9.46. The third kappa shape index (κ3) is 1.71. The zero-order valence-corrected chi connectivity index (χ0v) is 14.5. The Hall–Kier alpha value is -1.38. The van der Waals surface area contributed by atoms with Crippen LogP contribution >= 0.6 is 0 Å². The molecule has 3 aliphatic rings. The summed E-state index contributed by atoms with van der Waals surface area (Å²) in [5.74, 6) is -0.00239. The van der Waals surface area contributed by atoms with Gasteiger partial charge in [-0.05, 0) is 25.2 Å². The standard InChI is InChI=1S/C18H25N3O2/c1-16(2)14-6-5-12-13(11-19)21(4)20-15(12)17(14,3)7-8-18(16)22-9-10-23-18/h14H,5-10H2,1-4H3. The van der Waals surface area contributed by atoms with Crippen LogP contribution in [0.25, 0.3) is 0 Å². The van der Waals surface area contributed by atoms with E-state index in [1.165, 1.54) is 0 Å². The van der Waals surface area contributed by atoms with Crippen LogP contribution in [0.2, 0.25) is 0 Å². The van der Waals surface area contributed by atoms with E-state index >= 15 is 0 Å². The molecule has 0 amide bonds. The predicted octanol–water partition coefficient (Wildman–Crippen LogP) is 2.67. The van der Waals surface area contributed by atoms with Gasteiger partial charge in [0.2, 0.25) is 0 Å². The molecular weight excluding hydrogens is 290 g/mol. The highest BCUT2D eigenvalue weighted by Crippen LogP contribution is 2.62. The van der Waals surface area contributed by atoms with Crippen LogP contribution in [0.5, 0.6) is 0 Å². The van der Waals surface area contributed by atoms with Gasteiger partial charge >= 0.3 is 0 Å². The molecule has 1 aromatic rings. The summed E-state index contributed by atoms with van der Waals surface area (Å²) in [5, 5.41) is 14.2. The fourth-order valence-corrected chi connectivity index (χ4v) is 5.61. The fraction of sp³-hybridized carbons (Fsp3) is 0.778. The molecule has 0 bridgehead atoms. The van der Waals surface area contributed by atoms with Crippen molar-refractivity contribution in [3.8, 4) is 6.07 Å².